The van der Waals surface area contributed by atoms with Gasteiger partial charge in [0, 0.05) is 12.8 Å². The van der Waals surface area contributed by atoms with Gasteiger partial charge in [0.1, 0.15) is 6.61 Å². The number of rotatable bonds is 6. The minimum absolute atomic E-state index is 0.172. The Morgan fingerprint density at radius 3 is 2.87 bits per heavy atom. The molecule has 0 saturated heterocycles. The van der Waals surface area contributed by atoms with Crippen LogP contribution in [0, 0.1) is 11.9 Å². The first-order valence-corrected chi connectivity index (χ1v) is 5.01. The van der Waals surface area contributed by atoms with Gasteiger partial charge in [0.15, 0.2) is 5.75 Å². The van der Waals surface area contributed by atoms with E-state index in [9.17, 15) is 4.39 Å². The molecule has 1 aromatic rings. The van der Waals surface area contributed by atoms with Crippen molar-refractivity contribution in [3.05, 3.63) is 24.3 Å². The van der Waals surface area contributed by atoms with Crippen LogP contribution in [0.3, 0.4) is 0 Å². The molecule has 3 nitrogen and oxygen atoms in total. The quantitative estimate of drug-likeness (QED) is 0.536. The molecule has 0 aliphatic heterocycles. The molecule has 0 spiro atoms. The second-order valence-electron chi connectivity index (χ2n) is 3.61. The van der Waals surface area contributed by atoms with Crippen molar-refractivity contribution in [1.29, 1.82) is 0 Å². The van der Waals surface area contributed by atoms with Crippen LogP contribution < -0.4 is 4.74 Å². The summed E-state index contributed by atoms with van der Waals surface area (Å²) in [4.78, 5) is 3.47. The summed E-state index contributed by atoms with van der Waals surface area (Å²) in [6.07, 6.45) is 1.39. The number of nitrogens with zero attached hydrogens (tertiary/aromatic N) is 1. The van der Waals surface area contributed by atoms with Gasteiger partial charge in [-0.25, -0.2) is 4.98 Å². The Labute approximate surface area is 89.2 Å². The second kappa shape index (κ2) is 6.35. The Morgan fingerprint density at radius 1 is 1.40 bits per heavy atom. The molecule has 0 aromatic carbocycles. The molecule has 84 valence electrons. The van der Waals surface area contributed by atoms with E-state index in [0.29, 0.717) is 25.7 Å². The number of pyridine rings is 1. The summed E-state index contributed by atoms with van der Waals surface area (Å²) in [7, 11) is 0. The van der Waals surface area contributed by atoms with Gasteiger partial charge in [-0.1, -0.05) is 13.8 Å². The van der Waals surface area contributed by atoms with E-state index in [0.717, 1.165) is 0 Å². The standard InChI is InChI=1S/C11H16FNO2/c1-9(2)8-14-6-7-15-10-4-3-5-13-11(10)12/h3-5,9H,6-8H2,1-2H3. The molecule has 0 bridgehead atoms. The van der Waals surface area contributed by atoms with E-state index in [-0.39, 0.29) is 5.75 Å². The van der Waals surface area contributed by atoms with E-state index in [1.54, 1.807) is 12.1 Å². The maximum atomic E-state index is 13.0. The van der Waals surface area contributed by atoms with Crippen LogP contribution in [-0.4, -0.2) is 24.8 Å². The van der Waals surface area contributed by atoms with E-state index >= 15 is 0 Å². The third kappa shape index (κ3) is 4.74. The fourth-order valence-corrected chi connectivity index (χ4v) is 1.01. The summed E-state index contributed by atoms with van der Waals surface area (Å²) >= 11 is 0. The molecule has 1 heterocycles. The monoisotopic (exact) mass is 213 g/mol. The highest BCUT2D eigenvalue weighted by atomic mass is 19.1. The third-order valence-corrected chi connectivity index (χ3v) is 1.66. The molecule has 0 N–H and O–H groups in total. The van der Waals surface area contributed by atoms with Crippen LogP contribution in [0.4, 0.5) is 4.39 Å². The summed E-state index contributed by atoms with van der Waals surface area (Å²) < 4.78 is 23.4. The number of ether oxygens (including phenoxy) is 2. The van der Waals surface area contributed by atoms with Crippen LogP contribution in [0.2, 0.25) is 0 Å². The highest BCUT2D eigenvalue weighted by molar-refractivity contribution is 5.17. The first-order chi connectivity index (χ1) is 7.20. The van der Waals surface area contributed by atoms with Crippen LogP contribution in [0.25, 0.3) is 0 Å². The van der Waals surface area contributed by atoms with Crippen LogP contribution in [0.15, 0.2) is 18.3 Å². The summed E-state index contributed by atoms with van der Waals surface area (Å²) in [5, 5.41) is 0. The molecule has 0 aliphatic rings. The molecule has 0 fully saturated rings. The first-order valence-electron chi connectivity index (χ1n) is 5.01. The molecule has 1 aromatic heterocycles. The van der Waals surface area contributed by atoms with Crippen LogP contribution in [-0.2, 0) is 4.74 Å². The lowest BCUT2D eigenvalue weighted by molar-refractivity contribution is 0.0805. The average Bonchev–Trinajstić information content (AvgIpc) is 2.20. The number of hydrogen-bond acceptors (Lipinski definition) is 3. The maximum Gasteiger partial charge on any atom is 0.255 e. The van der Waals surface area contributed by atoms with Gasteiger partial charge in [0.05, 0.1) is 6.61 Å². The van der Waals surface area contributed by atoms with Crippen LogP contribution >= 0.6 is 0 Å². The average molecular weight is 213 g/mol. The topological polar surface area (TPSA) is 31.4 Å². The molecule has 0 radical (unpaired) electrons. The summed E-state index contributed by atoms with van der Waals surface area (Å²) in [5.74, 6) is 0.0899. The van der Waals surface area contributed by atoms with Gasteiger partial charge in [0.2, 0.25) is 0 Å². The number of halogens is 1. The SMILES string of the molecule is CC(C)COCCOc1cccnc1F. The summed E-state index contributed by atoms with van der Waals surface area (Å²) in [6.45, 7) is 5.64. The van der Waals surface area contributed by atoms with Gasteiger partial charge in [-0.15, -0.1) is 0 Å². The Kier molecular flexibility index (Phi) is 5.04. The van der Waals surface area contributed by atoms with Crippen molar-refractivity contribution in [3.63, 3.8) is 0 Å². The molecule has 0 unspecified atom stereocenters. The lowest BCUT2D eigenvalue weighted by atomic mass is 10.2. The van der Waals surface area contributed by atoms with Gasteiger partial charge in [-0.3, -0.25) is 0 Å². The van der Waals surface area contributed by atoms with Gasteiger partial charge >= 0.3 is 0 Å². The van der Waals surface area contributed by atoms with Crippen molar-refractivity contribution < 1.29 is 13.9 Å². The van der Waals surface area contributed by atoms with Crippen molar-refractivity contribution in [2.75, 3.05) is 19.8 Å². The van der Waals surface area contributed by atoms with Gasteiger partial charge < -0.3 is 9.47 Å². The minimum atomic E-state index is -0.582. The van der Waals surface area contributed by atoms with Crippen LogP contribution in [0.1, 0.15) is 13.8 Å². The van der Waals surface area contributed by atoms with Gasteiger partial charge in [0.25, 0.3) is 5.95 Å². The molecule has 0 atom stereocenters. The highest BCUT2D eigenvalue weighted by Crippen LogP contribution is 2.12. The number of hydrogen-bond donors (Lipinski definition) is 0. The van der Waals surface area contributed by atoms with Gasteiger partial charge in [-0.05, 0) is 18.1 Å². The normalized spacial score (nSPS) is 10.7. The van der Waals surface area contributed by atoms with E-state index in [1.807, 2.05) is 0 Å². The smallest absolute Gasteiger partial charge is 0.255 e. The summed E-state index contributed by atoms with van der Waals surface area (Å²) in [5.41, 5.74) is 0. The molecule has 4 heteroatoms. The zero-order valence-electron chi connectivity index (χ0n) is 9.07. The molecule has 15 heavy (non-hydrogen) atoms. The Bertz CT molecular complexity index is 292. The van der Waals surface area contributed by atoms with Crippen molar-refractivity contribution in [2.24, 2.45) is 5.92 Å². The fourth-order valence-electron chi connectivity index (χ4n) is 1.01. The third-order valence-electron chi connectivity index (χ3n) is 1.66. The molecule has 0 amide bonds. The largest absolute Gasteiger partial charge is 0.486 e. The predicted molar refractivity (Wildman–Crippen MR) is 55.3 cm³/mol. The highest BCUT2D eigenvalue weighted by Gasteiger charge is 2.02. The lowest BCUT2D eigenvalue weighted by Crippen LogP contribution is -2.10. The minimum Gasteiger partial charge on any atom is -0.486 e. The first kappa shape index (κ1) is 11.9. The summed E-state index contributed by atoms with van der Waals surface area (Å²) in [6, 6.07) is 3.18. The Hall–Kier alpha value is -1.16. The number of aromatic nitrogens is 1. The van der Waals surface area contributed by atoms with E-state index in [1.165, 1.54) is 6.20 Å². The Balaban J connectivity index is 2.18. The van der Waals surface area contributed by atoms with Crippen molar-refractivity contribution >= 4 is 0 Å². The zero-order valence-corrected chi connectivity index (χ0v) is 9.07. The van der Waals surface area contributed by atoms with Gasteiger partial charge in [-0.2, -0.15) is 4.39 Å². The molecular weight excluding hydrogens is 197 g/mol. The Morgan fingerprint density at radius 2 is 2.20 bits per heavy atom. The van der Waals surface area contributed by atoms with Crippen molar-refractivity contribution in [1.82, 2.24) is 4.98 Å². The predicted octanol–water partition coefficient (Wildman–Crippen LogP) is 2.27. The van der Waals surface area contributed by atoms with E-state index in [2.05, 4.69) is 18.8 Å². The lowest BCUT2D eigenvalue weighted by Gasteiger charge is -2.08. The fraction of sp³-hybridized carbons (Fsp3) is 0.545. The molecule has 1 rings (SSSR count). The van der Waals surface area contributed by atoms with E-state index < -0.39 is 5.95 Å². The zero-order chi connectivity index (χ0) is 11.1. The van der Waals surface area contributed by atoms with Crippen LogP contribution in [0.5, 0.6) is 5.75 Å². The molecule has 0 aliphatic carbocycles. The maximum absolute atomic E-state index is 13.0. The van der Waals surface area contributed by atoms with Crippen molar-refractivity contribution in [2.45, 2.75) is 13.8 Å². The van der Waals surface area contributed by atoms with E-state index in [4.69, 9.17) is 9.47 Å². The molecular formula is C11H16FNO2. The van der Waals surface area contributed by atoms with Crippen molar-refractivity contribution in [3.8, 4) is 5.75 Å². The second-order valence-corrected chi connectivity index (χ2v) is 3.61. The molecule has 0 saturated carbocycles.